The van der Waals surface area contributed by atoms with E-state index in [9.17, 15) is 9.90 Å². The first-order chi connectivity index (χ1) is 6.40. The number of aliphatic hydroxyl groups is 2. The summed E-state index contributed by atoms with van der Waals surface area (Å²) in [4.78, 5) is 11.3. The fourth-order valence-corrected chi connectivity index (χ4v) is 0.975. The Kier molecular flexibility index (Phi) is 5.72. The molecular weight excluding hydrogens is 184 g/mol. The van der Waals surface area contributed by atoms with Gasteiger partial charge < -0.3 is 14.9 Å². The first kappa shape index (κ1) is 13.4. The second kappa shape index (κ2) is 5.98. The summed E-state index contributed by atoms with van der Waals surface area (Å²) in [7, 11) is 0. The Balaban J connectivity index is 3.94. The molecule has 0 rings (SSSR count). The lowest BCUT2D eigenvalue weighted by Crippen LogP contribution is -2.37. The van der Waals surface area contributed by atoms with Crippen molar-refractivity contribution in [3.05, 3.63) is 0 Å². The molecule has 0 amide bonds. The third kappa shape index (κ3) is 5.19. The van der Waals surface area contributed by atoms with Gasteiger partial charge in [0.2, 0.25) is 0 Å². The zero-order chi connectivity index (χ0) is 11.2. The maximum Gasteiger partial charge on any atom is 0.337 e. The number of unbranched alkanes of at least 4 members (excludes halogenated alkanes) is 1. The molecule has 2 N–H and O–H groups in total. The van der Waals surface area contributed by atoms with E-state index in [-0.39, 0.29) is 6.61 Å². The Morgan fingerprint density at radius 3 is 2.57 bits per heavy atom. The van der Waals surface area contributed by atoms with Crippen molar-refractivity contribution in [3.8, 4) is 0 Å². The third-order valence-electron chi connectivity index (χ3n) is 1.91. The molecule has 0 aromatic carbocycles. The molecule has 0 saturated carbocycles. The summed E-state index contributed by atoms with van der Waals surface area (Å²) in [5.41, 5.74) is -1.43. The van der Waals surface area contributed by atoms with Crippen molar-refractivity contribution in [3.63, 3.8) is 0 Å². The predicted molar refractivity (Wildman–Crippen MR) is 52.8 cm³/mol. The second-order valence-electron chi connectivity index (χ2n) is 3.82. The van der Waals surface area contributed by atoms with Crippen LogP contribution in [0.2, 0.25) is 0 Å². The van der Waals surface area contributed by atoms with E-state index in [0.29, 0.717) is 6.42 Å². The minimum Gasteiger partial charge on any atom is -0.461 e. The summed E-state index contributed by atoms with van der Waals surface area (Å²) in [6.45, 7) is 4.87. The van der Waals surface area contributed by atoms with E-state index < -0.39 is 17.7 Å². The lowest BCUT2D eigenvalue weighted by atomic mass is 10.00. The number of esters is 1. The van der Waals surface area contributed by atoms with Crippen LogP contribution in [-0.2, 0) is 9.53 Å². The number of carbonyl (C=O) groups excluding carboxylic acids is 1. The maximum atomic E-state index is 11.3. The van der Waals surface area contributed by atoms with Crippen LogP contribution in [0.5, 0.6) is 0 Å². The standard InChI is InChI=1S/C10H20O4/c1-4-5-6-10(3,13)9(12)14-7-8(2)11/h8,11,13H,4-7H2,1-3H3/t8-,10+/m0/s1. The number of hydrogen-bond donors (Lipinski definition) is 2. The van der Waals surface area contributed by atoms with Crippen LogP contribution in [0, 0.1) is 0 Å². The zero-order valence-corrected chi connectivity index (χ0v) is 9.12. The van der Waals surface area contributed by atoms with Crippen LogP contribution in [0.15, 0.2) is 0 Å². The summed E-state index contributed by atoms with van der Waals surface area (Å²) in [6, 6.07) is 0. The number of hydrogen-bond acceptors (Lipinski definition) is 4. The van der Waals surface area contributed by atoms with Gasteiger partial charge in [-0.15, -0.1) is 0 Å². The molecule has 2 atom stereocenters. The first-order valence-electron chi connectivity index (χ1n) is 4.97. The molecule has 0 bridgehead atoms. The summed E-state index contributed by atoms with van der Waals surface area (Å²) < 4.78 is 4.73. The summed E-state index contributed by atoms with van der Waals surface area (Å²) in [5.74, 6) is -0.660. The summed E-state index contributed by atoms with van der Waals surface area (Å²) in [6.07, 6.45) is 1.39. The summed E-state index contributed by atoms with van der Waals surface area (Å²) in [5, 5.41) is 18.6. The van der Waals surface area contributed by atoms with Crippen molar-refractivity contribution in [2.75, 3.05) is 6.61 Å². The number of aliphatic hydroxyl groups excluding tert-OH is 1. The Morgan fingerprint density at radius 1 is 1.57 bits per heavy atom. The lowest BCUT2D eigenvalue weighted by molar-refractivity contribution is -0.167. The van der Waals surface area contributed by atoms with Crippen molar-refractivity contribution in [1.82, 2.24) is 0 Å². The SMILES string of the molecule is CCCC[C@@](C)(O)C(=O)OC[C@H](C)O. The Hall–Kier alpha value is -0.610. The molecule has 4 heteroatoms. The van der Waals surface area contributed by atoms with Crippen molar-refractivity contribution < 1.29 is 19.7 Å². The van der Waals surface area contributed by atoms with Gasteiger partial charge in [0.15, 0.2) is 5.60 Å². The van der Waals surface area contributed by atoms with Gasteiger partial charge >= 0.3 is 5.97 Å². The van der Waals surface area contributed by atoms with Crippen LogP contribution in [0.1, 0.15) is 40.0 Å². The normalized spacial score (nSPS) is 17.2. The van der Waals surface area contributed by atoms with Crippen molar-refractivity contribution in [2.24, 2.45) is 0 Å². The van der Waals surface area contributed by atoms with E-state index in [2.05, 4.69) is 0 Å². The monoisotopic (exact) mass is 204 g/mol. The fraction of sp³-hybridized carbons (Fsp3) is 0.900. The highest BCUT2D eigenvalue weighted by Crippen LogP contribution is 2.15. The molecule has 0 aliphatic heterocycles. The van der Waals surface area contributed by atoms with E-state index in [1.165, 1.54) is 13.8 Å². The van der Waals surface area contributed by atoms with Crippen LogP contribution < -0.4 is 0 Å². The first-order valence-corrected chi connectivity index (χ1v) is 4.97. The van der Waals surface area contributed by atoms with Gasteiger partial charge in [0.05, 0.1) is 6.10 Å². The quantitative estimate of drug-likeness (QED) is 0.629. The highest BCUT2D eigenvalue weighted by Gasteiger charge is 2.31. The van der Waals surface area contributed by atoms with Gasteiger partial charge in [0.25, 0.3) is 0 Å². The van der Waals surface area contributed by atoms with Crippen molar-refractivity contribution in [2.45, 2.75) is 51.7 Å². The predicted octanol–water partition coefficient (Wildman–Crippen LogP) is 0.852. The highest BCUT2D eigenvalue weighted by atomic mass is 16.6. The third-order valence-corrected chi connectivity index (χ3v) is 1.91. The molecule has 0 aliphatic rings. The minimum atomic E-state index is -1.43. The van der Waals surface area contributed by atoms with Crippen LogP contribution in [0.3, 0.4) is 0 Å². The number of ether oxygens (including phenoxy) is 1. The van der Waals surface area contributed by atoms with Crippen molar-refractivity contribution in [1.29, 1.82) is 0 Å². The number of rotatable bonds is 6. The van der Waals surface area contributed by atoms with Gasteiger partial charge in [-0.25, -0.2) is 4.79 Å². The minimum absolute atomic E-state index is 0.0683. The number of carbonyl (C=O) groups is 1. The summed E-state index contributed by atoms with van der Waals surface area (Å²) >= 11 is 0. The van der Waals surface area contributed by atoms with Gasteiger partial charge in [0, 0.05) is 0 Å². The largest absolute Gasteiger partial charge is 0.461 e. The maximum absolute atomic E-state index is 11.3. The molecular formula is C10H20O4. The fourth-order valence-electron chi connectivity index (χ4n) is 0.975. The Morgan fingerprint density at radius 2 is 2.14 bits per heavy atom. The molecule has 0 aromatic rings. The molecule has 0 spiro atoms. The van der Waals surface area contributed by atoms with Gasteiger partial charge in [-0.1, -0.05) is 19.8 Å². The lowest BCUT2D eigenvalue weighted by Gasteiger charge is -2.21. The molecule has 0 fully saturated rings. The van der Waals surface area contributed by atoms with Crippen LogP contribution in [0.25, 0.3) is 0 Å². The Bertz CT molecular complexity index is 175. The molecule has 4 nitrogen and oxygen atoms in total. The Labute approximate surface area is 84.9 Å². The highest BCUT2D eigenvalue weighted by molar-refractivity contribution is 5.78. The molecule has 0 unspecified atom stereocenters. The van der Waals surface area contributed by atoms with E-state index in [0.717, 1.165) is 12.8 Å². The van der Waals surface area contributed by atoms with Gasteiger partial charge in [-0.3, -0.25) is 0 Å². The van der Waals surface area contributed by atoms with E-state index in [4.69, 9.17) is 9.84 Å². The average molecular weight is 204 g/mol. The zero-order valence-electron chi connectivity index (χ0n) is 9.12. The van der Waals surface area contributed by atoms with Crippen LogP contribution in [-0.4, -0.2) is 34.5 Å². The molecule has 84 valence electrons. The molecule has 0 heterocycles. The van der Waals surface area contributed by atoms with Crippen LogP contribution in [0.4, 0.5) is 0 Å². The van der Waals surface area contributed by atoms with Crippen LogP contribution >= 0.6 is 0 Å². The molecule has 0 aromatic heterocycles. The van der Waals surface area contributed by atoms with E-state index in [1.54, 1.807) is 0 Å². The molecule has 0 radical (unpaired) electrons. The van der Waals surface area contributed by atoms with Gasteiger partial charge in [-0.05, 0) is 20.3 Å². The topological polar surface area (TPSA) is 66.8 Å². The molecule has 0 aliphatic carbocycles. The van der Waals surface area contributed by atoms with Crippen molar-refractivity contribution >= 4 is 5.97 Å². The molecule has 0 saturated heterocycles. The van der Waals surface area contributed by atoms with E-state index in [1.807, 2.05) is 6.92 Å². The smallest absolute Gasteiger partial charge is 0.337 e. The van der Waals surface area contributed by atoms with Gasteiger partial charge in [0.1, 0.15) is 6.61 Å². The average Bonchev–Trinajstić information content (AvgIpc) is 2.10. The molecule has 14 heavy (non-hydrogen) atoms. The van der Waals surface area contributed by atoms with E-state index >= 15 is 0 Å². The van der Waals surface area contributed by atoms with Gasteiger partial charge in [-0.2, -0.15) is 0 Å². The second-order valence-corrected chi connectivity index (χ2v) is 3.82.